The Kier molecular flexibility index (Phi) is 6.08. The molecule has 0 aliphatic rings. The van der Waals surface area contributed by atoms with Crippen LogP contribution in [0.2, 0.25) is 0 Å². The standard InChI is InChI=1S/C17H17N3O3S/c1-12-7-8-14(9-15(12)20(22)23)10-18-19-17(21)11-24-16-6-4-3-5-13(16)2/h3-10H,11H2,1-2H3,(H-,19,21,22,23)/p+1/b18-10+. The lowest BCUT2D eigenvalue weighted by Crippen LogP contribution is -2.19. The molecule has 7 heteroatoms. The predicted octanol–water partition coefficient (Wildman–Crippen LogP) is 3.35. The molecule has 0 fully saturated rings. The number of hydrazone groups is 1. The zero-order valence-corrected chi connectivity index (χ0v) is 14.2. The largest absolute Gasteiger partial charge is 0.320 e. The minimum Gasteiger partial charge on any atom is -0.272 e. The van der Waals surface area contributed by atoms with Gasteiger partial charge in [-0.2, -0.15) is 5.10 Å². The third kappa shape index (κ3) is 4.92. The Morgan fingerprint density at radius 1 is 1.25 bits per heavy atom. The van der Waals surface area contributed by atoms with Crippen LogP contribution in [0.15, 0.2) is 52.5 Å². The van der Waals surface area contributed by atoms with Crippen molar-refractivity contribution in [1.29, 1.82) is 0 Å². The zero-order valence-electron chi connectivity index (χ0n) is 13.4. The maximum atomic E-state index is 11.8. The molecule has 0 spiro atoms. The van der Waals surface area contributed by atoms with Crippen molar-refractivity contribution in [2.45, 2.75) is 18.7 Å². The SMILES string of the molecule is Cc1ccccc1SCC(=O)N/N=C/c1ccc(C)c([N+](=O)O)c1. The lowest BCUT2D eigenvalue weighted by atomic mass is 10.1. The Balaban J connectivity index is 1.90. The first-order valence-electron chi connectivity index (χ1n) is 7.24. The quantitative estimate of drug-likeness (QED) is 0.478. The molecule has 6 nitrogen and oxygen atoms in total. The summed E-state index contributed by atoms with van der Waals surface area (Å²) in [5.41, 5.74) is 4.94. The van der Waals surface area contributed by atoms with Crippen molar-refractivity contribution < 1.29 is 14.9 Å². The molecule has 0 aliphatic carbocycles. The highest BCUT2D eigenvalue weighted by molar-refractivity contribution is 8.00. The lowest BCUT2D eigenvalue weighted by molar-refractivity contribution is -0.730. The van der Waals surface area contributed by atoms with Crippen LogP contribution >= 0.6 is 11.8 Å². The number of hydrogen-bond acceptors (Lipinski definition) is 4. The molecule has 1 amide bonds. The Hall–Kier alpha value is -2.67. The average molecular weight is 344 g/mol. The van der Waals surface area contributed by atoms with Crippen LogP contribution in [0.3, 0.4) is 0 Å². The van der Waals surface area contributed by atoms with Gasteiger partial charge in [0.15, 0.2) is 0 Å². The van der Waals surface area contributed by atoms with Gasteiger partial charge < -0.3 is 0 Å². The van der Waals surface area contributed by atoms with Gasteiger partial charge in [0, 0.05) is 22.1 Å². The van der Waals surface area contributed by atoms with E-state index in [0.717, 1.165) is 10.5 Å². The van der Waals surface area contributed by atoms with Crippen LogP contribution in [-0.2, 0) is 4.79 Å². The fraction of sp³-hybridized carbons (Fsp3) is 0.176. The topological polar surface area (TPSA) is 81.8 Å². The Morgan fingerprint density at radius 2 is 2.00 bits per heavy atom. The number of amides is 1. The van der Waals surface area contributed by atoms with Gasteiger partial charge >= 0.3 is 5.69 Å². The molecule has 0 heterocycles. The molecule has 0 saturated carbocycles. The fourth-order valence-electron chi connectivity index (χ4n) is 1.99. The van der Waals surface area contributed by atoms with Crippen molar-refractivity contribution in [3.05, 3.63) is 64.1 Å². The van der Waals surface area contributed by atoms with Gasteiger partial charge in [-0.25, -0.2) is 10.6 Å². The van der Waals surface area contributed by atoms with Crippen LogP contribution < -0.4 is 5.43 Å². The second-order valence-corrected chi connectivity index (χ2v) is 6.18. The predicted molar refractivity (Wildman–Crippen MR) is 93.9 cm³/mol. The second kappa shape index (κ2) is 8.26. The highest BCUT2D eigenvalue weighted by Gasteiger charge is 2.15. The molecular formula is C17H18N3O3S+. The number of benzene rings is 2. The van der Waals surface area contributed by atoms with E-state index in [-0.39, 0.29) is 22.3 Å². The summed E-state index contributed by atoms with van der Waals surface area (Å²) in [7, 11) is 0. The summed E-state index contributed by atoms with van der Waals surface area (Å²) in [5, 5.41) is 12.9. The van der Waals surface area contributed by atoms with E-state index >= 15 is 0 Å². The molecule has 124 valence electrons. The summed E-state index contributed by atoms with van der Waals surface area (Å²) >= 11 is 1.44. The normalized spacial score (nSPS) is 10.8. The molecule has 2 aromatic rings. The highest BCUT2D eigenvalue weighted by atomic mass is 32.2. The van der Waals surface area contributed by atoms with E-state index in [1.807, 2.05) is 31.2 Å². The molecule has 0 unspecified atom stereocenters. The van der Waals surface area contributed by atoms with Crippen molar-refractivity contribution in [3.8, 4) is 0 Å². The van der Waals surface area contributed by atoms with E-state index < -0.39 is 0 Å². The molecule has 0 aromatic heterocycles. The molecule has 2 rings (SSSR count). The monoisotopic (exact) mass is 344 g/mol. The summed E-state index contributed by atoms with van der Waals surface area (Å²) in [6, 6.07) is 12.8. The molecule has 2 aromatic carbocycles. The van der Waals surface area contributed by atoms with Crippen molar-refractivity contribution >= 4 is 29.6 Å². The molecule has 24 heavy (non-hydrogen) atoms. The number of rotatable bonds is 6. The number of nitrogens with zero attached hydrogens (tertiary/aromatic N) is 2. The van der Waals surface area contributed by atoms with E-state index in [0.29, 0.717) is 11.1 Å². The minimum absolute atomic E-state index is 0.139. The van der Waals surface area contributed by atoms with Gasteiger partial charge in [-0.1, -0.05) is 30.3 Å². The van der Waals surface area contributed by atoms with Gasteiger partial charge in [0.25, 0.3) is 4.92 Å². The number of carbonyl (C=O) groups is 1. The van der Waals surface area contributed by atoms with Crippen molar-refractivity contribution in [2.75, 3.05) is 5.75 Å². The third-order valence-corrected chi connectivity index (χ3v) is 4.47. The van der Waals surface area contributed by atoms with E-state index in [1.54, 1.807) is 19.1 Å². The van der Waals surface area contributed by atoms with Crippen LogP contribution in [0.1, 0.15) is 16.7 Å². The van der Waals surface area contributed by atoms with Crippen LogP contribution in [0, 0.1) is 18.8 Å². The van der Waals surface area contributed by atoms with Gasteiger partial charge in [-0.15, -0.1) is 11.8 Å². The summed E-state index contributed by atoms with van der Waals surface area (Å²) in [6.45, 7) is 3.70. The first-order valence-corrected chi connectivity index (χ1v) is 8.23. The number of aryl methyl sites for hydroxylation is 2. The average Bonchev–Trinajstić information content (AvgIpc) is 2.55. The summed E-state index contributed by atoms with van der Waals surface area (Å²) in [4.78, 5) is 23.7. The maximum absolute atomic E-state index is 11.8. The number of thioether (sulfide) groups is 1. The van der Waals surface area contributed by atoms with E-state index in [2.05, 4.69) is 10.5 Å². The van der Waals surface area contributed by atoms with Gasteiger partial charge in [-0.05, 0) is 25.5 Å². The molecule has 0 bridgehead atoms. The first-order chi connectivity index (χ1) is 11.5. The number of hydrogen-bond donors (Lipinski definition) is 2. The number of nitrogens with one attached hydrogen (secondary N) is 1. The summed E-state index contributed by atoms with van der Waals surface area (Å²) in [6.07, 6.45) is 1.42. The fourth-order valence-corrected chi connectivity index (χ4v) is 2.81. The van der Waals surface area contributed by atoms with Crippen molar-refractivity contribution in [1.82, 2.24) is 5.43 Å². The molecule has 0 radical (unpaired) electrons. The van der Waals surface area contributed by atoms with E-state index in [9.17, 15) is 9.70 Å². The Bertz CT molecular complexity index is 790. The van der Waals surface area contributed by atoms with Gasteiger partial charge in [-0.3, -0.25) is 4.79 Å². The molecule has 0 saturated heterocycles. The van der Waals surface area contributed by atoms with E-state index in [4.69, 9.17) is 5.21 Å². The van der Waals surface area contributed by atoms with E-state index in [1.165, 1.54) is 24.0 Å². The van der Waals surface area contributed by atoms with Gasteiger partial charge in [0.05, 0.1) is 16.9 Å². The summed E-state index contributed by atoms with van der Waals surface area (Å²) in [5.74, 6) is 0.0335. The Labute approximate surface area is 144 Å². The smallest absolute Gasteiger partial charge is 0.272 e. The van der Waals surface area contributed by atoms with Crippen LogP contribution in [0.4, 0.5) is 5.69 Å². The van der Waals surface area contributed by atoms with Gasteiger partial charge in [0.1, 0.15) is 0 Å². The molecule has 2 N–H and O–H groups in total. The van der Waals surface area contributed by atoms with Crippen molar-refractivity contribution in [3.63, 3.8) is 0 Å². The first kappa shape index (κ1) is 17.7. The molecular weight excluding hydrogens is 326 g/mol. The minimum atomic E-state index is -0.223. The van der Waals surface area contributed by atoms with Crippen LogP contribution in [0.5, 0.6) is 0 Å². The molecule has 0 atom stereocenters. The summed E-state index contributed by atoms with van der Waals surface area (Å²) < 4.78 is 0. The van der Waals surface area contributed by atoms with Gasteiger partial charge in [0.2, 0.25) is 5.91 Å². The highest BCUT2D eigenvalue weighted by Crippen LogP contribution is 2.21. The molecule has 0 aliphatic heterocycles. The van der Waals surface area contributed by atoms with Crippen LogP contribution in [-0.4, -0.2) is 28.0 Å². The second-order valence-electron chi connectivity index (χ2n) is 5.17. The number of carbonyl (C=O) groups excluding carboxylic acids is 1. The van der Waals surface area contributed by atoms with Crippen LogP contribution in [0.25, 0.3) is 0 Å². The Morgan fingerprint density at radius 3 is 2.71 bits per heavy atom. The third-order valence-electron chi connectivity index (χ3n) is 3.29. The van der Waals surface area contributed by atoms with Crippen molar-refractivity contribution in [2.24, 2.45) is 5.10 Å². The maximum Gasteiger partial charge on any atom is 0.320 e. The zero-order chi connectivity index (χ0) is 17.5. The lowest BCUT2D eigenvalue weighted by Gasteiger charge is -2.04.